The van der Waals surface area contributed by atoms with Crippen molar-refractivity contribution in [2.24, 2.45) is 23.7 Å². The first-order chi connectivity index (χ1) is 19.2. The molecule has 8 heteroatoms. The average molecular weight is 568 g/mol. The van der Waals surface area contributed by atoms with Gasteiger partial charge >= 0.3 is 0 Å². The van der Waals surface area contributed by atoms with Crippen LogP contribution in [-0.2, 0) is 14.4 Å². The number of aliphatic hydroxyl groups excluding tert-OH is 1. The Morgan fingerprint density at radius 2 is 1.85 bits per heavy atom. The van der Waals surface area contributed by atoms with Gasteiger partial charge in [-0.2, -0.15) is 0 Å². The molecular weight excluding hydrogens is 522 g/mol. The summed E-state index contributed by atoms with van der Waals surface area (Å²) in [4.78, 5) is 48.7. The number of rotatable bonds is 13. The zero-order chi connectivity index (χ0) is 29.2. The van der Waals surface area contributed by atoms with Crippen LogP contribution in [0.4, 0.5) is 5.69 Å². The van der Waals surface area contributed by atoms with Crippen LogP contribution in [0.15, 0.2) is 55.6 Å². The molecule has 0 aromatic heterocycles. The molecule has 4 rings (SSSR count). The molecule has 0 saturated carbocycles. The van der Waals surface area contributed by atoms with Crippen molar-refractivity contribution in [2.75, 3.05) is 31.1 Å². The van der Waals surface area contributed by atoms with E-state index in [1.807, 2.05) is 49.1 Å². The van der Waals surface area contributed by atoms with Crippen LogP contribution in [0, 0.1) is 23.7 Å². The summed E-state index contributed by atoms with van der Waals surface area (Å²) in [6.45, 7) is 17.0. The number of likely N-dealkylation sites (tertiary alicyclic amines) is 1. The van der Waals surface area contributed by atoms with Crippen molar-refractivity contribution < 1.29 is 19.5 Å². The molecule has 7 atom stereocenters. The van der Waals surface area contributed by atoms with Crippen molar-refractivity contribution in [1.29, 1.82) is 0 Å². The molecule has 3 aliphatic heterocycles. The highest BCUT2D eigenvalue weighted by Gasteiger charge is 2.77. The van der Waals surface area contributed by atoms with Crippen LogP contribution in [-0.4, -0.2) is 80.9 Å². The Labute approximate surface area is 243 Å². The lowest BCUT2D eigenvalue weighted by Gasteiger charge is -2.43. The van der Waals surface area contributed by atoms with Crippen LogP contribution in [0.5, 0.6) is 0 Å². The number of anilines is 1. The fraction of sp³-hybridized carbons (Fsp3) is 0.594. The van der Waals surface area contributed by atoms with Gasteiger partial charge < -0.3 is 19.8 Å². The molecule has 3 heterocycles. The largest absolute Gasteiger partial charge is 0.394 e. The molecule has 3 amide bonds. The van der Waals surface area contributed by atoms with Crippen molar-refractivity contribution in [1.82, 2.24) is 9.80 Å². The highest BCUT2D eigenvalue weighted by atomic mass is 32.2. The van der Waals surface area contributed by atoms with E-state index in [0.717, 1.165) is 24.9 Å². The molecular formula is C32H45N3O4S. The molecule has 3 saturated heterocycles. The highest BCUT2D eigenvalue weighted by Crippen LogP contribution is 2.69. The number of fused-ring (bicyclic) bond motifs is 1. The standard InChI is InChI=1S/C32H45N3O4S/c1-7-10-18-33(16-8-2)31(39)28-32-22(6)19-25(40-32)26(27(32)30(38)35(28)24(20-36)21(4)5)29(37)34(17-9-3)23-14-12-11-13-15-23/h8-9,11-15,21-22,24-28,36H,2-3,7,10,16-20H2,1,4-6H3/t22?,24-,25+,26-,27-,28?,32?/m0/s1. The van der Waals surface area contributed by atoms with Crippen molar-refractivity contribution in [3.63, 3.8) is 0 Å². The van der Waals surface area contributed by atoms with Gasteiger partial charge in [0.25, 0.3) is 0 Å². The minimum Gasteiger partial charge on any atom is -0.394 e. The molecule has 1 N–H and O–H groups in total. The number of para-hydroxylation sites is 1. The number of nitrogens with zero attached hydrogens (tertiary/aromatic N) is 3. The Bertz CT molecular complexity index is 1110. The van der Waals surface area contributed by atoms with Gasteiger partial charge in [0.15, 0.2) is 0 Å². The lowest BCUT2D eigenvalue weighted by molar-refractivity contribution is -0.146. The second kappa shape index (κ2) is 12.5. The highest BCUT2D eigenvalue weighted by molar-refractivity contribution is 8.02. The molecule has 40 heavy (non-hydrogen) atoms. The van der Waals surface area contributed by atoms with Crippen LogP contribution >= 0.6 is 11.8 Å². The van der Waals surface area contributed by atoms with Gasteiger partial charge in [-0.3, -0.25) is 14.4 Å². The van der Waals surface area contributed by atoms with E-state index in [0.29, 0.717) is 19.6 Å². The molecule has 3 aliphatic rings. The first-order valence-corrected chi connectivity index (χ1v) is 15.5. The SMILES string of the molecule is C=CCN(CCCC)C(=O)C1N([C@@H](CO)C(C)C)C(=O)[C@@H]2[C@@H](C(=O)N(CC=C)c3ccccc3)[C@H]3CC(C)C12S3. The maximum absolute atomic E-state index is 14.6. The molecule has 1 aromatic carbocycles. The predicted molar refractivity (Wildman–Crippen MR) is 162 cm³/mol. The zero-order valence-electron chi connectivity index (χ0n) is 24.4. The Morgan fingerprint density at radius 3 is 2.42 bits per heavy atom. The number of hydrogen-bond acceptors (Lipinski definition) is 5. The quantitative estimate of drug-likeness (QED) is 0.358. The van der Waals surface area contributed by atoms with Gasteiger partial charge in [-0.1, -0.05) is 64.5 Å². The molecule has 0 aliphatic carbocycles. The van der Waals surface area contributed by atoms with Gasteiger partial charge in [-0.15, -0.1) is 24.9 Å². The predicted octanol–water partition coefficient (Wildman–Crippen LogP) is 4.37. The zero-order valence-corrected chi connectivity index (χ0v) is 25.2. The summed E-state index contributed by atoms with van der Waals surface area (Å²) >= 11 is 1.68. The number of thioether (sulfide) groups is 1. The van der Waals surface area contributed by atoms with Gasteiger partial charge in [-0.25, -0.2) is 0 Å². The van der Waals surface area contributed by atoms with E-state index in [-0.39, 0.29) is 41.4 Å². The fourth-order valence-corrected chi connectivity index (χ4v) is 9.60. The van der Waals surface area contributed by atoms with Gasteiger partial charge in [-0.05, 0) is 36.8 Å². The van der Waals surface area contributed by atoms with Gasteiger partial charge in [0, 0.05) is 30.6 Å². The minimum absolute atomic E-state index is 0.0555. The summed E-state index contributed by atoms with van der Waals surface area (Å²) in [7, 11) is 0. The summed E-state index contributed by atoms with van der Waals surface area (Å²) in [5, 5.41) is 10.5. The number of carbonyl (C=O) groups is 3. The Balaban J connectivity index is 1.83. The number of benzene rings is 1. The topological polar surface area (TPSA) is 81.2 Å². The van der Waals surface area contributed by atoms with Crippen LogP contribution in [0.2, 0.25) is 0 Å². The monoisotopic (exact) mass is 567 g/mol. The van der Waals surface area contributed by atoms with Crippen molar-refractivity contribution in [2.45, 2.75) is 69.0 Å². The van der Waals surface area contributed by atoms with Gasteiger partial charge in [0.05, 0.1) is 29.2 Å². The van der Waals surface area contributed by atoms with Gasteiger partial charge in [0.1, 0.15) is 6.04 Å². The van der Waals surface area contributed by atoms with E-state index in [1.54, 1.807) is 33.7 Å². The van der Waals surface area contributed by atoms with Crippen LogP contribution < -0.4 is 4.90 Å². The normalized spacial score (nSPS) is 29.4. The minimum atomic E-state index is -0.742. The Morgan fingerprint density at radius 1 is 1.18 bits per heavy atom. The maximum Gasteiger partial charge on any atom is 0.247 e. The number of unbranched alkanes of at least 4 members (excludes halogenated alkanes) is 1. The number of amides is 3. The second-order valence-corrected chi connectivity index (χ2v) is 13.3. The lowest BCUT2D eigenvalue weighted by atomic mass is 9.65. The maximum atomic E-state index is 14.6. The van der Waals surface area contributed by atoms with E-state index < -0.39 is 28.7 Å². The molecule has 1 spiro atoms. The summed E-state index contributed by atoms with van der Waals surface area (Å²) in [5.74, 6) is -1.54. The van der Waals surface area contributed by atoms with E-state index in [1.165, 1.54) is 0 Å². The molecule has 0 radical (unpaired) electrons. The fourth-order valence-electron chi connectivity index (χ4n) is 7.21. The van der Waals surface area contributed by atoms with E-state index in [2.05, 4.69) is 27.0 Å². The summed E-state index contributed by atoms with van der Waals surface area (Å²) in [6.07, 6.45) is 6.00. The third-order valence-corrected chi connectivity index (χ3v) is 11.2. The summed E-state index contributed by atoms with van der Waals surface area (Å²) < 4.78 is -0.732. The molecule has 218 valence electrons. The third kappa shape index (κ3) is 4.91. The van der Waals surface area contributed by atoms with Crippen molar-refractivity contribution in [3.8, 4) is 0 Å². The van der Waals surface area contributed by atoms with E-state index in [9.17, 15) is 19.5 Å². The lowest BCUT2D eigenvalue weighted by Crippen LogP contribution is -2.60. The van der Waals surface area contributed by atoms with Crippen LogP contribution in [0.3, 0.4) is 0 Å². The van der Waals surface area contributed by atoms with Crippen molar-refractivity contribution in [3.05, 3.63) is 55.6 Å². The molecule has 3 fully saturated rings. The first kappa shape index (κ1) is 30.4. The number of carbonyl (C=O) groups excluding carboxylic acids is 3. The molecule has 7 nitrogen and oxygen atoms in total. The number of aliphatic hydroxyl groups is 1. The van der Waals surface area contributed by atoms with E-state index >= 15 is 0 Å². The molecule has 2 bridgehead atoms. The van der Waals surface area contributed by atoms with Gasteiger partial charge in [0.2, 0.25) is 17.7 Å². The Kier molecular flexibility index (Phi) is 9.51. The third-order valence-electron chi connectivity index (χ3n) is 9.10. The molecule has 3 unspecified atom stereocenters. The van der Waals surface area contributed by atoms with E-state index in [4.69, 9.17) is 0 Å². The summed E-state index contributed by atoms with van der Waals surface area (Å²) in [5.41, 5.74) is 0.768. The first-order valence-electron chi connectivity index (χ1n) is 14.7. The van der Waals surface area contributed by atoms with Crippen LogP contribution in [0.25, 0.3) is 0 Å². The second-order valence-electron chi connectivity index (χ2n) is 11.8. The number of hydrogen-bond donors (Lipinski definition) is 1. The van der Waals surface area contributed by atoms with Crippen molar-refractivity contribution >= 4 is 35.2 Å². The van der Waals surface area contributed by atoms with Crippen LogP contribution in [0.1, 0.15) is 47.0 Å². The summed E-state index contributed by atoms with van der Waals surface area (Å²) in [6, 6.07) is 8.25. The smallest absolute Gasteiger partial charge is 0.247 e. The Hall–Kier alpha value is -2.58. The average Bonchev–Trinajstić information content (AvgIpc) is 3.53. The molecule has 1 aromatic rings.